The maximum Gasteiger partial charge on any atom is 0.278 e. The molecule has 1 aliphatic heterocycles. The van der Waals surface area contributed by atoms with Crippen molar-refractivity contribution in [2.75, 3.05) is 23.6 Å². The van der Waals surface area contributed by atoms with E-state index in [0.717, 1.165) is 16.9 Å². The van der Waals surface area contributed by atoms with E-state index >= 15 is 0 Å². The normalized spacial score (nSPS) is 11.9. The fraction of sp³-hybridized carbons (Fsp3) is 0.190. The van der Waals surface area contributed by atoms with Crippen LogP contribution in [0.2, 0.25) is 0 Å². The van der Waals surface area contributed by atoms with Gasteiger partial charge in [0.15, 0.2) is 11.5 Å². The Morgan fingerprint density at radius 2 is 1.96 bits per heavy atom. The Bertz CT molecular complexity index is 1000. The molecule has 1 N–H and O–H groups in total. The zero-order valence-electron chi connectivity index (χ0n) is 15.7. The third-order valence-electron chi connectivity index (χ3n) is 4.39. The highest BCUT2D eigenvalue weighted by molar-refractivity contribution is 6.04. The number of carbonyl (C=O) groups excluding carboxylic acids is 1. The van der Waals surface area contributed by atoms with Crippen LogP contribution in [-0.4, -0.2) is 29.2 Å². The average molecular weight is 376 g/mol. The number of aromatic nitrogens is 2. The van der Waals surface area contributed by atoms with Gasteiger partial charge < -0.3 is 19.7 Å². The summed E-state index contributed by atoms with van der Waals surface area (Å²) in [5.41, 5.74) is 3.03. The van der Waals surface area contributed by atoms with Gasteiger partial charge in [-0.1, -0.05) is 12.1 Å². The number of ether oxygens (including phenoxy) is 2. The van der Waals surface area contributed by atoms with Crippen molar-refractivity contribution in [3.63, 3.8) is 0 Å². The van der Waals surface area contributed by atoms with Crippen LogP contribution in [0, 0.1) is 6.92 Å². The van der Waals surface area contributed by atoms with E-state index in [1.165, 1.54) is 6.20 Å². The zero-order valence-corrected chi connectivity index (χ0v) is 15.7. The third-order valence-corrected chi connectivity index (χ3v) is 4.39. The van der Waals surface area contributed by atoms with E-state index in [0.29, 0.717) is 29.6 Å². The molecule has 0 bridgehead atoms. The molecule has 2 aromatic carbocycles. The topological polar surface area (TPSA) is 76.6 Å². The van der Waals surface area contributed by atoms with Crippen molar-refractivity contribution in [2.45, 2.75) is 13.8 Å². The summed E-state index contributed by atoms with van der Waals surface area (Å²) in [6.07, 6.45) is 3.03. The van der Waals surface area contributed by atoms with Crippen molar-refractivity contribution < 1.29 is 14.3 Å². The first-order valence-corrected chi connectivity index (χ1v) is 9.01. The molecule has 2 heterocycles. The Balaban J connectivity index is 1.50. The van der Waals surface area contributed by atoms with Gasteiger partial charge >= 0.3 is 0 Å². The van der Waals surface area contributed by atoms with Crippen molar-refractivity contribution in [3.8, 4) is 11.5 Å². The van der Waals surface area contributed by atoms with Gasteiger partial charge in [0.25, 0.3) is 5.91 Å². The van der Waals surface area contributed by atoms with E-state index in [-0.39, 0.29) is 12.7 Å². The maximum atomic E-state index is 12.9. The van der Waals surface area contributed by atoms with E-state index in [1.54, 1.807) is 11.1 Å². The summed E-state index contributed by atoms with van der Waals surface area (Å²) in [7, 11) is 0. The van der Waals surface area contributed by atoms with Gasteiger partial charge in [0.05, 0.1) is 12.4 Å². The molecular weight excluding hydrogens is 356 g/mol. The minimum Gasteiger partial charge on any atom is -0.454 e. The standard InChI is InChI=1S/C21H20N4O3/c1-3-25(16-6-4-5-14(2)9-16)21(26)17-11-23-20(12-22-17)24-15-7-8-18-19(10-15)28-13-27-18/h4-12H,3,13H2,1-2H3,(H,23,24). The highest BCUT2D eigenvalue weighted by atomic mass is 16.7. The van der Waals surface area contributed by atoms with Gasteiger partial charge in [-0.2, -0.15) is 0 Å². The Kier molecular flexibility index (Phi) is 4.80. The van der Waals surface area contributed by atoms with Crippen molar-refractivity contribution in [1.29, 1.82) is 0 Å². The molecule has 1 aliphatic rings. The van der Waals surface area contributed by atoms with Crippen LogP contribution >= 0.6 is 0 Å². The number of anilines is 3. The number of aryl methyl sites for hydroxylation is 1. The molecule has 142 valence electrons. The fourth-order valence-electron chi connectivity index (χ4n) is 3.00. The summed E-state index contributed by atoms with van der Waals surface area (Å²) in [6.45, 7) is 4.70. The van der Waals surface area contributed by atoms with Crippen LogP contribution in [0.4, 0.5) is 17.2 Å². The van der Waals surface area contributed by atoms with E-state index in [4.69, 9.17) is 9.47 Å². The Labute approximate surface area is 163 Å². The highest BCUT2D eigenvalue weighted by Crippen LogP contribution is 2.34. The molecule has 0 aliphatic carbocycles. The second kappa shape index (κ2) is 7.56. The number of nitrogens with zero attached hydrogens (tertiary/aromatic N) is 3. The molecule has 0 saturated carbocycles. The predicted octanol–water partition coefficient (Wildman–Crippen LogP) is 3.92. The van der Waals surface area contributed by atoms with E-state index < -0.39 is 0 Å². The number of nitrogens with one attached hydrogen (secondary N) is 1. The van der Waals surface area contributed by atoms with Gasteiger partial charge in [0.1, 0.15) is 11.5 Å². The molecule has 0 spiro atoms. The molecular formula is C21H20N4O3. The Morgan fingerprint density at radius 1 is 1.11 bits per heavy atom. The van der Waals surface area contributed by atoms with E-state index in [2.05, 4.69) is 15.3 Å². The summed E-state index contributed by atoms with van der Waals surface area (Å²) in [5.74, 6) is 1.75. The number of benzene rings is 2. The van der Waals surface area contributed by atoms with Gasteiger partial charge in [0.2, 0.25) is 6.79 Å². The summed E-state index contributed by atoms with van der Waals surface area (Å²) < 4.78 is 10.7. The first kappa shape index (κ1) is 17.8. The second-order valence-corrected chi connectivity index (χ2v) is 6.37. The van der Waals surface area contributed by atoms with Crippen LogP contribution in [0.1, 0.15) is 23.0 Å². The monoisotopic (exact) mass is 376 g/mol. The van der Waals surface area contributed by atoms with Crippen LogP contribution in [0.5, 0.6) is 11.5 Å². The first-order chi connectivity index (χ1) is 13.6. The van der Waals surface area contributed by atoms with Crippen molar-refractivity contribution in [1.82, 2.24) is 9.97 Å². The molecule has 7 heteroatoms. The van der Waals surface area contributed by atoms with E-state index in [9.17, 15) is 4.79 Å². The van der Waals surface area contributed by atoms with Gasteiger partial charge in [-0.05, 0) is 43.7 Å². The van der Waals surface area contributed by atoms with Crippen LogP contribution in [-0.2, 0) is 0 Å². The summed E-state index contributed by atoms with van der Waals surface area (Å²) in [4.78, 5) is 23.2. The SMILES string of the molecule is CCN(C(=O)c1cnc(Nc2ccc3c(c2)OCO3)cn1)c1cccc(C)c1. The molecule has 0 unspecified atom stereocenters. The highest BCUT2D eigenvalue weighted by Gasteiger charge is 2.18. The molecule has 7 nitrogen and oxygen atoms in total. The lowest BCUT2D eigenvalue weighted by molar-refractivity contribution is 0.0983. The average Bonchev–Trinajstić information content (AvgIpc) is 3.17. The number of hydrogen-bond acceptors (Lipinski definition) is 6. The van der Waals surface area contributed by atoms with Gasteiger partial charge in [0, 0.05) is 24.0 Å². The quantitative estimate of drug-likeness (QED) is 0.727. The van der Waals surface area contributed by atoms with Gasteiger partial charge in [-0.3, -0.25) is 4.79 Å². The lowest BCUT2D eigenvalue weighted by Gasteiger charge is -2.21. The maximum absolute atomic E-state index is 12.9. The van der Waals surface area contributed by atoms with Gasteiger partial charge in [-0.25, -0.2) is 9.97 Å². The first-order valence-electron chi connectivity index (χ1n) is 9.01. The number of amides is 1. The third kappa shape index (κ3) is 3.59. The Morgan fingerprint density at radius 3 is 2.71 bits per heavy atom. The van der Waals surface area contributed by atoms with Crippen molar-refractivity contribution >= 4 is 23.1 Å². The van der Waals surface area contributed by atoms with Crippen LogP contribution in [0.25, 0.3) is 0 Å². The molecule has 28 heavy (non-hydrogen) atoms. The second-order valence-electron chi connectivity index (χ2n) is 6.37. The Hall–Kier alpha value is -3.61. The summed E-state index contributed by atoms with van der Waals surface area (Å²) in [5, 5.41) is 3.15. The summed E-state index contributed by atoms with van der Waals surface area (Å²) in [6, 6.07) is 13.4. The summed E-state index contributed by atoms with van der Waals surface area (Å²) >= 11 is 0. The largest absolute Gasteiger partial charge is 0.454 e. The number of hydrogen-bond donors (Lipinski definition) is 1. The number of rotatable bonds is 5. The molecule has 1 aromatic heterocycles. The van der Waals surface area contributed by atoms with Crippen molar-refractivity contribution in [3.05, 3.63) is 66.1 Å². The van der Waals surface area contributed by atoms with Crippen LogP contribution in [0.15, 0.2) is 54.9 Å². The molecule has 0 saturated heterocycles. The lowest BCUT2D eigenvalue weighted by atomic mass is 10.2. The van der Waals surface area contributed by atoms with Gasteiger partial charge in [-0.15, -0.1) is 0 Å². The lowest BCUT2D eigenvalue weighted by Crippen LogP contribution is -2.31. The molecule has 1 amide bonds. The van der Waals surface area contributed by atoms with Crippen LogP contribution < -0.4 is 19.7 Å². The molecule has 3 aromatic rings. The van der Waals surface area contributed by atoms with Crippen molar-refractivity contribution in [2.24, 2.45) is 0 Å². The smallest absolute Gasteiger partial charge is 0.278 e. The van der Waals surface area contributed by atoms with Crippen LogP contribution in [0.3, 0.4) is 0 Å². The molecule has 0 fully saturated rings. The van der Waals surface area contributed by atoms with E-state index in [1.807, 2.05) is 56.3 Å². The fourth-order valence-corrected chi connectivity index (χ4v) is 3.00. The molecule has 4 rings (SSSR count). The minimum absolute atomic E-state index is 0.185. The molecule has 0 radical (unpaired) electrons. The number of carbonyl (C=O) groups is 1. The number of fused-ring (bicyclic) bond motifs is 1. The minimum atomic E-state index is -0.185. The predicted molar refractivity (Wildman–Crippen MR) is 106 cm³/mol. The zero-order chi connectivity index (χ0) is 19.5. The molecule has 0 atom stereocenters.